The summed E-state index contributed by atoms with van der Waals surface area (Å²) in [5.41, 5.74) is 8.37. The second-order valence-corrected chi connectivity index (χ2v) is 8.25. The van der Waals surface area contributed by atoms with Crippen LogP contribution in [0.3, 0.4) is 0 Å². The number of hydrogen-bond donors (Lipinski definition) is 1. The Morgan fingerprint density at radius 1 is 1.26 bits per heavy atom. The lowest BCUT2D eigenvalue weighted by Crippen LogP contribution is -2.33. The largest absolute Gasteiger partial charge is 0.342 e. The lowest BCUT2D eigenvalue weighted by Gasteiger charge is -2.18. The zero-order valence-electron chi connectivity index (χ0n) is 16.1. The van der Waals surface area contributed by atoms with Crippen molar-refractivity contribution in [1.82, 2.24) is 15.0 Å². The van der Waals surface area contributed by atoms with E-state index in [0.29, 0.717) is 42.3 Å². The number of aromatic nitrogens is 2. The average molecular weight is 368 g/mol. The molecule has 3 atom stereocenters. The van der Waals surface area contributed by atoms with E-state index in [-0.39, 0.29) is 11.9 Å². The summed E-state index contributed by atoms with van der Waals surface area (Å²) in [6.45, 7) is 6.00. The number of aryl methyl sites for hydroxylation is 1. The Morgan fingerprint density at radius 2 is 2.04 bits per heavy atom. The maximum atomic E-state index is 12.5. The smallest absolute Gasteiger partial charge is 0.227 e. The van der Waals surface area contributed by atoms with Crippen molar-refractivity contribution < 1.29 is 9.32 Å². The van der Waals surface area contributed by atoms with Crippen LogP contribution in [-0.4, -0.2) is 40.1 Å². The first-order valence-electron chi connectivity index (χ1n) is 9.97. The van der Waals surface area contributed by atoms with Gasteiger partial charge in [-0.1, -0.05) is 43.3 Å². The second-order valence-electron chi connectivity index (χ2n) is 8.25. The third-order valence-electron chi connectivity index (χ3n) is 6.12. The molecule has 6 nitrogen and oxygen atoms in total. The van der Waals surface area contributed by atoms with Gasteiger partial charge < -0.3 is 15.2 Å². The molecule has 1 saturated heterocycles. The number of amides is 1. The molecule has 1 aliphatic carbocycles. The predicted molar refractivity (Wildman–Crippen MR) is 103 cm³/mol. The number of nitrogens with zero attached hydrogens (tertiary/aromatic N) is 3. The number of rotatable bonds is 5. The van der Waals surface area contributed by atoms with Crippen molar-refractivity contribution in [3.8, 4) is 11.4 Å². The molecule has 0 radical (unpaired) electrons. The third kappa shape index (κ3) is 3.76. The van der Waals surface area contributed by atoms with Gasteiger partial charge in [-0.25, -0.2) is 0 Å². The van der Waals surface area contributed by atoms with Gasteiger partial charge in [0.2, 0.25) is 17.6 Å². The van der Waals surface area contributed by atoms with Gasteiger partial charge in [-0.3, -0.25) is 4.79 Å². The summed E-state index contributed by atoms with van der Waals surface area (Å²) in [5, 5.41) is 4.07. The van der Waals surface area contributed by atoms with Crippen LogP contribution < -0.4 is 5.73 Å². The Kier molecular flexibility index (Phi) is 5.00. The summed E-state index contributed by atoms with van der Waals surface area (Å²) in [5.74, 6) is 2.82. The maximum absolute atomic E-state index is 12.5. The molecule has 1 aromatic heterocycles. The van der Waals surface area contributed by atoms with Gasteiger partial charge in [0.25, 0.3) is 0 Å². The van der Waals surface area contributed by atoms with Crippen molar-refractivity contribution in [2.45, 2.75) is 51.5 Å². The fraction of sp³-hybridized carbons (Fsp3) is 0.571. The summed E-state index contributed by atoms with van der Waals surface area (Å²) < 4.78 is 5.35. The number of fused-ring (bicyclic) bond motifs is 1. The minimum atomic E-state index is 0.164. The van der Waals surface area contributed by atoms with Crippen LogP contribution in [0, 0.1) is 11.8 Å². The fourth-order valence-electron chi connectivity index (χ4n) is 4.37. The molecule has 2 fully saturated rings. The van der Waals surface area contributed by atoms with E-state index in [1.54, 1.807) is 0 Å². The molecule has 1 amide bonds. The summed E-state index contributed by atoms with van der Waals surface area (Å²) in [4.78, 5) is 19.0. The lowest BCUT2D eigenvalue weighted by molar-refractivity contribution is -0.130. The number of carbonyl (C=O) groups excluding carboxylic acids is 1. The molecule has 2 aromatic rings. The van der Waals surface area contributed by atoms with Crippen LogP contribution in [0.25, 0.3) is 11.4 Å². The SMILES string of the molecule is CC(C)c1ccc(-c2noc(CCC(=O)N3CC4CCC(N)C4C3)n2)cc1. The highest BCUT2D eigenvalue weighted by Gasteiger charge is 2.42. The van der Waals surface area contributed by atoms with Gasteiger partial charge >= 0.3 is 0 Å². The molecule has 27 heavy (non-hydrogen) atoms. The van der Waals surface area contributed by atoms with Crippen molar-refractivity contribution >= 4 is 5.91 Å². The zero-order valence-corrected chi connectivity index (χ0v) is 16.1. The van der Waals surface area contributed by atoms with Crippen molar-refractivity contribution in [2.75, 3.05) is 13.1 Å². The molecule has 4 rings (SSSR count). The molecule has 1 aromatic carbocycles. The minimum absolute atomic E-state index is 0.164. The number of nitrogens with two attached hydrogens (primary N) is 1. The van der Waals surface area contributed by atoms with Crippen LogP contribution in [0.15, 0.2) is 28.8 Å². The number of likely N-dealkylation sites (tertiary alicyclic amines) is 1. The van der Waals surface area contributed by atoms with Crippen LogP contribution in [0.5, 0.6) is 0 Å². The van der Waals surface area contributed by atoms with Crippen LogP contribution in [0.1, 0.15) is 50.5 Å². The minimum Gasteiger partial charge on any atom is -0.342 e. The van der Waals surface area contributed by atoms with Gasteiger partial charge in [-0.15, -0.1) is 0 Å². The van der Waals surface area contributed by atoms with E-state index >= 15 is 0 Å². The molecular formula is C21H28N4O2. The highest BCUT2D eigenvalue weighted by Crippen LogP contribution is 2.37. The molecule has 6 heteroatoms. The van der Waals surface area contributed by atoms with Crippen molar-refractivity contribution in [1.29, 1.82) is 0 Å². The molecule has 3 unspecified atom stereocenters. The van der Waals surface area contributed by atoms with E-state index in [1.807, 2.05) is 17.0 Å². The van der Waals surface area contributed by atoms with Gasteiger partial charge in [-0.05, 0) is 36.2 Å². The molecule has 2 aliphatic rings. The van der Waals surface area contributed by atoms with Gasteiger partial charge in [0.05, 0.1) is 0 Å². The summed E-state index contributed by atoms with van der Waals surface area (Å²) in [6.07, 6.45) is 3.13. The molecule has 0 spiro atoms. The van der Waals surface area contributed by atoms with Crippen LogP contribution in [-0.2, 0) is 11.2 Å². The third-order valence-corrected chi connectivity index (χ3v) is 6.12. The standard InChI is InChI=1S/C21H28N4O2/c1-13(2)14-3-5-15(6-4-14)21-23-19(27-24-21)9-10-20(26)25-11-16-7-8-18(22)17(16)12-25/h3-6,13,16-18H,7-12,22H2,1-2H3. The van der Waals surface area contributed by atoms with E-state index in [4.69, 9.17) is 10.3 Å². The highest BCUT2D eigenvalue weighted by molar-refractivity contribution is 5.76. The molecular weight excluding hydrogens is 340 g/mol. The first-order chi connectivity index (χ1) is 13.0. The quantitative estimate of drug-likeness (QED) is 0.877. The first-order valence-corrected chi connectivity index (χ1v) is 9.97. The van der Waals surface area contributed by atoms with Crippen LogP contribution in [0.4, 0.5) is 0 Å². The number of hydrogen-bond acceptors (Lipinski definition) is 5. The van der Waals surface area contributed by atoms with E-state index in [2.05, 4.69) is 36.1 Å². The molecule has 2 heterocycles. The molecule has 1 aliphatic heterocycles. The highest BCUT2D eigenvalue weighted by atomic mass is 16.5. The Labute approximate surface area is 160 Å². The van der Waals surface area contributed by atoms with E-state index in [0.717, 1.165) is 31.5 Å². The van der Waals surface area contributed by atoms with Crippen LogP contribution in [0.2, 0.25) is 0 Å². The average Bonchev–Trinajstić information content (AvgIpc) is 3.37. The Morgan fingerprint density at radius 3 is 2.74 bits per heavy atom. The summed E-state index contributed by atoms with van der Waals surface area (Å²) in [6, 6.07) is 8.47. The Hall–Kier alpha value is -2.21. The normalized spacial score (nSPS) is 24.6. The van der Waals surface area contributed by atoms with Crippen molar-refractivity contribution in [3.05, 3.63) is 35.7 Å². The van der Waals surface area contributed by atoms with Gasteiger partial charge in [0.15, 0.2) is 0 Å². The number of carbonyl (C=O) groups is 1. The summed E-state index contributed by atoms with van der Waals surface area (Å²) in [7, 11) is 0. The Balaban J connectivity index is 1.32. The van der Waals surface area contributed by atoms with E-state index in [9.17, 15) is 4.79 Å². The van der Waals surface area contributed by atoms with E-state index in [1.165, 1.54) is 5.56 Å². The lowest BCUT2D eigenvalue weighted by atomic mass is 9.98. The zero-order chi connectivity index (χ0) is 19.0. The van der Waals surface area contributed by atoms with Crippen LogP contribution >= 0.6 is 0 Å². The topological polar surface area (TPSA) is 85.2 Å². The van der Waals surface area contributed by atoms with Crippen molar-refractivity contribution in [3.63, 3.8) is 0 Å². The van der Waals surface area contributed by atoms with Gasteiger partial charge in [-0.2, -0.15) is 4.98 Å². The van der Waals surface area contributed by atoms with Gasteiger partial charge in [0, 0.05) is 37.5 Å². The summed E-state index contributed by atoms with van der Waals surface area (Å²) >= 11 is 0. The molecule has 0 bridgehead atoms. The maximum Gasteiger partial charge on any atom is 0.227 e. The predicted octanol–water partition coefficient (Wildman–Crippen LogP) is 2.99. The first kappa shape index (κ1) is 18.2. The Bertz CT molecular complexity index is 799. The van der Waals surface area contributed by atoms with E-state index < -0.39 is 0 Å². The molecule has 144 valence electrons. The van der Waals surface area contributed by atoms with Gasteiger partial charge in [0.1, 0.15) is 0 Å². The molecule has 1 saturated carbocycles. The second kappa shape index (κ2) is 7.43. The van der Waals surface area contributed by atoms with Crippen molar-refractivity contribution in [2.24, 2.45) is 17.6 Å². The molecule has 2 N–H and O–H groups in total. The monoisotopic (exact) mass is 368 g/mol. The fourth-order valence-corrected chi connectivity index (χ4v) is 4.37. The number of benzene rings is 1.